The van der Waals surface area contributed by atoms with E-state index >= 15 is 0 Å². The molecule has 5 heteroatoms. The minimum absolute atomic E-state index is 0.571. The van der Waals surface area contributed by atoms with Crippen molar-refractivity contribution < 1.29 is 9.47 Å². The average Bonchev–Trinajstić information content (AvgIpc) is 3.73. The zero-order chi connectivity index (χ0) is 32.8. The molecule has 7 rings (SSSR count). The van der Waals surface area contributed by atoms with E-state index in [4.69, 9.17) is 9.47 Å². The summed E-state index contributed by atoms with van der Waals surface area (Å²) < 4.78 is 21.5. The molecule has 0 fully saturated rings. The van der Waals surface area contributed by atoms with Crippen LogP contribution in [0, 0.1) is 12.1 Å². The van der Waals surface area contributed by atoms with Gasteiger partial charge in [-0.1, -0.05) is 113 Å². The lowest BCUT2D eigenvalue weighted by Crippen LogP contribution is -2.28. The summed E-state index contributed by atoms with van der Waals surface area (Å²) in [5.41, 5.74) is 10.6. The van der Waals surface area contributed by atoms with E-state index in [-0.39, 0.29) is 0 Å². The van der Waals surface area contributed by atoms with Crippen LogP contribution in [0.25, 0.3) is 33.3 Å². The van der Waals surface area contributed by atoms with Crippen molar-refractivity contribution >= 4 is 22.8 Å². The Morgan fingerprint density at radius 2 is 1.25 bits per heavy atom. The molecule has 1 heterocycles. The van der Waals surface area contributed by atoms with Crippen molar-refractivity contribution in [2.45, 2.75) is 70.6 Å². The number of hydrogen-bond acceptors (Lipinski definition) is 5. The second-order valence-electron chi connectivity index (χ2n) is 12.7. The zero-order valence-corrected chi connectivity index (χ0v) is 28.7. The van der Waals surface area contributed by atoms with Gasteiger partial charge in [0.2, 0.25) is 0 Å². The van der Waals surface area contributed by atoms with Gasteiger partial charge in [-0.25, -0.2) is 0 Å². The van der Waals surface area contributed by atoms with Gasteiger partial charge in [-0.05, 0) is 94.3 Å². The van der Waals surface area contributed by atoms with E-state index in [1.54, 1.807) is 0 Å². The second kappa shape index (κ2) is 14.7. The monoisotopic (exact) mass is 650 g/mol. The number of fused-ring (bicyclic) bond motifs is 4. The first kappa shape index (κ1) is 32.1. The number of ether oxygens (including phenoxy) is 2. The Kier molecular flexibility index (Phi) is 9.85. The molecule has 0 saturated carbocycles. The first-order valence-electron chi connectivity index (χ1n) is 17.5. The highest BCUT2D eigenvalue weighted by atomic mass is 32.1. The number of benzene rings is 5. The summed E-state index contributed by atoms with van der Waals surface area (Å²) in [6.07, 6.45) is 9.49. The van der Waals surface area contributed by atoms with Crippen LogP contribution in [-0.2, 0) is 5.41 Å². The van der Waals surface area contributed by atoms with Gasteiger partial charge in [0.05, 0.1) is 30.4 Å². The molecule has 48 heavy (non-hydrogen) atoms. The molecule has 242 valence electrons. The highest BCUT2D eigenvalue weighted by Gasteiger charge is 2.46. The maximum atomic E-state index is 6.20. The molecule has 6 aromatic rings. The van der Waals surface area contributed by atoms with Crippen LogP contribution in [-0.4, -0.2) is 22.0 Å². The summed E-state index contributed by atoms with van der Waals surface area (Å²) in [6, 6.07) is 41.5. The fourth-order valence-corrected chi connectivity index (χ4v) is 7.71. The molecule has 4 nitrogen and oxygen atoms in total. The first-order valence-corrected chi connectivity index (χ1v) is 18.2. The minimum atomic E-state index is -0.571. The fourth-order valence-electron chi connectivity index (χ4n) is 7.18. The predicted molar refractivity (Wildman–Crippen MR) is 197 cm³/mol. The lowest BCUT2D eigenvalue weighted by atomic mass is 9.67. The van der Waals surface area contributed by atoms with Crippen LogP contribution in [0.5, 0.6) is 11.5 Å². The molecule has 0 bridgehead atoms. The Balaban J connectivity index is 1.34. The van der Waals surface area contributed by atoms with Gasteiger partial charge in [0.25, 0.3) is 0 Å². The Labute approximate surface area is 289 Å². The molecule has 1 aromatic heterocycles. The molecular formula is C43H42N2O2S. The lowest BCUT2D eigenvalue weighted by Gasteiger charge is -2.34. The van der Waals surface area contributed by atoms with Crippen molar-refractivity contribution in [1.82, 2.24) is 8.75 Å². The average molecular weight is 651 g/mol. The van der Waals surface area contributed by atoms with E-state index in [1.165, 1.54) is 83.6 Å². The lowest BCUT2D eigenvalue weighted by molar-refractivity contribution is 0.305. The van der Waals surface area contributed by atoms with Crippen molar-refractivity contribution in [3.05, 3.63) is 131 Å². The third-order valence-corrected chi connectivity index (χ3v) is 10.1. The third-order valence-electron chi connectivity index (χ3n) is 9.61. The smallest absolute Gasteiger partial charge is 0.119 e. The van der Waals surface area contributed by atoms with E-state index in [0.29, 0.717) is 0 Å². The van der Waals surface area contributed by atoms with Gasteiger partial charge < -0.3 is 9.47 Å². The molecular weight excluding hydrogens is 609 g/mol. The van der Waals surface area contributed by atoms with Gasteiger partial charge in [0, 0.05) is 11.6 Å². The van der Waals surface area contributed by atoms with Crippen LogP contribution in [0.1, 0.15) is 87.5 Å². The van der Waals surface area contributed by atoms with Gasteiger partial charge in [0.15, 0.2) is 0 Å². The molecule has 0 spiro atoms. The Morgan fingerprint density at radius 1 is 0.625 bits per heavy atom. The van der Waals surface area contributed by atoms with E-state index in [9.17, 15) is 0 Å². The summed E-state index contributed by atoms with van der Waals surface area (Å²) in [7, 11) is 0. The van der Waals surface area contributed by atoms with Crippen LogP contribution in [0.3, 0.4) is 0 Å². The number of aromatic nitrogens is 2. The molecule has 1 aliphatic carbocycles. The maximum absolute atomic E-state index is 6.20. The molecule has 5 aromatic carbocycles. The first-order chi connectivity index (χ1) is 23.7. The topological polar surface area (TPSA) is 44.2 Å². The van der Waals surface area contributed by atoms with Crippen molar-refractivity contribution in [3.63, 3.8) is 0 Å². The molecule has 0 unspecified atom stereocenters. The van der Waals surface area contributed by atoms with Crippen LogP contribution in [0.4, 0.5) is 0 Å². The predicted octanol–water partition coefficient (Wildman–Crippen LogP) is 11.2. The normalized spacial score (nSPS) is 13.0. The highest BCUT2D eigenvalue weighted by molar-refractivity contribution is 7.00. The van der Waals surface area contributed by atoms with Crippen LogP contribution >= 0.6 is 11.7 Å². The van der Waals surface area contributed by atoms with Gasteiger partial charge in [-0.3, -0.25) is 0 Å². The van der Waals surface area contributed by atoms with Crippen LogP contribution < -0.4 is 9.47 Å². The molecule has 0 amide bonds. The fraction of sp³-hybridized carbons (Fsp3) is 0.302. The molecule has 0 saturated heterocycles. The van der Waals surface area contributed by atoms with E-state index < -0.39 is 5.41 Å². The summed E-state index contributed by atoms with van der Waals surface area (Å²) >= 11 is 1.23. The van der Waals surface area contributed by atoms with Gasteiger partial charge in [0.1, 0.15) is 22.5 Å². The molecule has 1 aliphatic rings. The largest absolute Gasteiger partial charge is 0.494 e. The zero-order valence-electron chi connectivity index (χ0n) is 27.9. The van der Waals surface area contributed by atoms with Gasteiger partial charge >= 0.3 is 0 Å². The summed E-state index contributed by atoms with van der Waals surface area (Å²) in [5.74, 6) is 1.81. The maximum Gasteiger partial charge on any atom is 0.119 e. The van der Waals surface area contributed by atoms with Crippen LogP contribution in [0.2, 0.25) is 0 Å². The van der Waals surface area contributed by atoms with Crippen molar-refractivity contribution in [1.29, 1.82) is 0 Å². The number of rotatable bonds is 15. The van der Waals surface area contributed by atoms with E-state index in [1.807, 2.05) is 12.1 Å². The number of unbranched alkanes of at least 4 members (excludes halogenated alkanes) is 6. The van der Waals surface area contributed by atoms with Crippen LogP contribution in [0.15, 0.2) is 97.1 Å². The SMILES string of the molecule is CCCCCCOc1ccc(C2(c3ccc(OCCCCCC)cc3)c3c[c]ccc3-c3ccc(-c4cc[c]c5nsnc45)cc32)cc1. The molecule has 0 N–H and O–H groups in total. The van der Waals surface area contributed by atoms with Crippen molar-refractivity contribution in [3.8, 4) is 33.8 Å². The quantitative estimate of drug-likeness (QED) is 0.104. The van der Waals surface area contributed by atoms with E-state index in [0.717, 1.165) is 59.7 Å². The van der Waals surface area contributed by atoms with Gasteiger partial charge in [-0.15, -0.1) is 0 Å². The number of nitrogens with zero attached hydrogens (tertiary/aromatic N) is 2. The number of hydrogen-bond donors (Lipinski definition) is 0. The second-order valence-corrected chi connectivity index (χ2v) is 13.2. The van der Waals surface area contributed by atoms with Gasteiger partial charge in [-0.2, -0.15) is 8.75 Å². The Morgan fingerprint density at radius 3 is 1.90 bits per heavy atom. The highest BCUT2D eigenvalue weighted by Crippen LogP contribution is 2.57. The van der Waals surface area contributed by atoms with Crippen molar-refractivity contribution in [2.75, 3.05) is 13.2 Å². The summed E-state index contributed by atoms with van der Waals surface area (Å²) in [4.78, 5) is 0. The standard InChI is InChI=1S/C43H42N2O2S/c1-3-5-7-11-28-46-34-23-19-32(20-24-34)43(33-21-25-35(26-22-33)47-29-12-8-6-4-2)39-16-10-9-14-37(39)38-27-18-31(30-40(38)43)36-15-13-17-41-42(36)45-48-44-41/h9,13-16,18-27,30H,3-8,11-12,28-29H2,1-2H3. The Hall–Kier alpha value is -4.48. The summed E-state index contributed by atoms with van der Waals surface area (Å²) in [6.45, 7) is 5.95. The molecule has 0 aliphatic heterocycles. The Bertz CT molecular complexity index is 1900. The summed E-state index contributed by atoms with van der Waals surface area (Å²) in [5, 5.41) is 0. The van der Waals surface area contributed by atoms with E-state index in [2.05, 4.69) is 120 Å². The molecule has 0 atom stereocenters. The molecule has 2 radical (unpaired) electrons. The third kappa shape index (κ3) is 6.12. The van der Waals surface area contributed by atoms with Crippen molar-refractivity contribution in [2.24, 2.45) is 0 Å². The minimum Gasteiger partial charge on any atom is -0.494 e.